The van der Waals surface area contributed by atoms with Crippen molar-refractivity contribution < 1.29 is 4.79 Å². The van der Waals surface area contributed by atoms with Gasteiger partial charge in [-0.2, -0.15) is 0 Å². The van der Waals surface area contributed by atoms with Crippen LogP contribution in [0.3, 0.4) is 0 Å². The quantitative estimate of drug-likeness (QED) is 0.581. The van der Waals surface area contributed by atoms with Crippen LogP contribution in [0.2, 0.25) is 0 Å². The van der Waals surface area contributed by atoms with Gasteiger partial charge in [0.2, 0.25) is 0 Å². The maximum atomic E-state index is 13.1. The van der Waals surface area contributed by atoms with E-state index in [0.717, 1.165) is 22.5 Å². The molecule has 1 amide bonds. The number of aromatic nitrogens is 2. The lowest BCUT2D eigenvalue weighted by Crippen LogP contribution is -2.27. The fraction of sp³-hybridized carbons (Fsp3) is 0.125. The molecule has 1 N–H and O–H groups in total. The summed E-state index contributed by atoms with van der Waals surface area (Å²) in [7, 11) is 0. The van der Waals surface area contributed by atoms with E-state index in [2.05, 4.69) is 10.3 Å². The average molecular weight is 383 g/mol. The molecular weight excluding hydrogens is 362 g/mol. The lowest BCUT2D eigenvalue weighted by molar-refractivity contribution is 0.0951. The third-order valence-electron chi connectivity index (χ3n) is 5.09. The van der Waals surface area contributed by atoms with E-state index in [1.165, 1.54) is 0 Å². The van der Waals surface area contributed by atoms with Gasteiger partial charge in [-0.15, -0.1) is 0 Å². The lowest BCUT2D eigenvalue weighted by Gasteiger charge is -2.13. The van der Waals surface area contributed by atoms with Gasteiger partial charge in [0.15, 0.2) is 0 Å². The van der Waals surface area contributed by atoms with Crippen LogP contribution in [-0.4, -0.2) is 15.5 Å². The molecule has 4 rings (SSSR count). The van der Waals surface area contributed by atoms with E-state index in [9.17, 15) is 9.59 Å². The Morgan fingerprint density at radius 2 is 1.72 bits per heavy atom. The molecule has 5 nitrogen and oxygen atoms in total. The van der Waals surface area contributed by atoms with Crippen LogP contribution >= 0.6 is 0 Å². The Balaban J connectivity index is 1.80. The molecule has 0 saturated carbocycles. The molecule has 0 unspecified atom stereocenters. The molecule has 144 valence electrons. The van der Waals surface area contributed by atoms with Crippen LogP contribution in [0.25, 0.3) is 16.5 Å². The Kier molecular flexibility index (Phi) is 4.96. The van der Waals surface area contributed by atoms with Crippen LogP contribution in [0.4, 0.5) is 0 Å². The van der Waals surface area contributed by atoms with Crippen molar-refractivity contribution in [1.29, 1.82) is 0 Å². The summed E-state index contributed by atoms with van der Waals surface area (Å²) in [6, 6.07) is 18.6. The van der Waals surface area contributed by atoms with Gasteiger partial charge >= 0.3 is 0 Å². The molecule has 5 heteroatoms. The summed E-state index contributed by atoms with van der Waals surface area (Å²) in [5, 5.41) is 4.05. The second-order valence-electron chi connectivity index (χ2n) is 7.04. The molecule has 2 aromatic carbocycles. The van der Waals surface area contributed by atoms with Gasteiger partial charge in [0.1, 0.15) is 0 Å². The first kappa shape index (κ1) is 18.6. The maximum Gasteiger partial charge on any atom is 0.262 e. The SMILES string of the molecule is Cc1ccc(-n2cc(C(=O)NCc3ccccn3)c3ccccc3c2=O)cc1C. The van der Waals surface area contributed by atoms with Crippen LogP contribution in [0.15, 0.2) is 77.9 Å². The van der Waals surface area contributed by atoms with Crippen molar-refractivity contribution in [3.8, 4) is 5.69 Å². The fourth-order valence-corrected chi connectivity index (χ4v) is 3.31. The molecule has 0 aliphatic rings. The molecule has 0 spiro atoms. The number of nitrogens with zero attached hydrogens (tertiary/aromatic N) is 2. The number of fused-ring (bicyclic) bond motifs is 1. The zero-order chi connectivity index (χ0) is 20.4. The molecule has 4 aromatic rings. The summed E-state index contributed by atoms with van der Waals surface area (Å²) >= 11 is 0. The third-order valence-corrected chi connectivity index (χ3v) is 5.09. The molecule has 0 bridgehead atoms. The number of nitrogens with one attached hydrogen (secondary N) is 1. The minimum Gasteiger partial charge on any atom is -0.346 e. The Labute approximate surface area is 168 Å². The molecule has 0 saturated heterocycles. The van der Waals surface area contributed by atoms with Crippen molar-refractivity contribution >= 4 is 16.7 Å². The summed E-state index contributed by atoms with van der Waals surface area (Å²) in [4.78, 5) is 30.3. The molecule has 0 atom stereocenters. The third kappa shape index (κ3) is 3.67. The highest BCUT2D eigenvalue weighted by Crippen LogP contribution is 2.19. The van der Waals surface area contributed by atoms with Gasteiger partial charge in [-0.25, -0.2) is 0 Å². The fourth-order valence-electron chi connectivity index (χ4n) is 3.31. The summed E-state index contributed by atoms with van der Waals surface area (Å²) < 4.78 is 1.55. The Bertz CT molecular complexity index is 1260. The largest absolute Gasteiger partial charge is 0.346 e. The number of hydrogen-bond acceptors (Lipinski definition) is 3. The van der Waals surface area contributed by atoms with E-state index < -0.39 is 0 Å². The van der Waals surface area contributed by atoms with Crippen molar-refractivity contribution in [3.05, 3.63) is 106 Å². The molecule has 29 heavy (non-hydrogen) atoms. The highest BCUT2D eigenvalue weighted by molar-refractivity contribution is 6.06. The van der Waals surface area contributed by atoms with E-state index in [4.69, 9.17) is 0 Å². The van der Waals surface area contributed by atoms with E-state index >= 15 is 0 Å². The number of amides is 1. The van der Waals surface area contributed by atoms with Crippen molar-refractivity contribution in [2.24, 2.45) is 0 Å². The number of pyridine rings is 2. The molecular formula is C24H21N3O2. The summed E-state index contributed by atoms with van der Waals surface area (Å²) in [6.45, 7) is 4.35. The minimum atomic E-state index is -0.246. The summed E-state index contributed by atoms with van der Waals surface area (Å²) in [5.74, 6) is -0.246. The van der Waals surface area contributed by atoms with Crippen LogP contribution in [-0.2, 0) is 6.54 Å². The van der Waals surface area contributed by atoms with E-state index in [1.807, 2.05) is 62.4 Å². The molecule has 2 aromatic heterocycles. The van der Waals surface area contributed by atoms with Gasteiger partial charge in [0.05, 0.1) is 17.8 Å². The van der Waals surface area contributed by atoms with Gasteiger partial charge < -0.3 is 5.32 Å². The first-order chi connectivity index (χ1) is 14.0. The van der Waals surface area contributed by atoms with Crippen molar-refractivity contribution in [2.45, 2.75) is 20.4 Å². The van der Waals surface area contributed by atoms with E-state index in [0.29, 0.717) is 22.9 Å². The molecule has 0 aliphatic heterocycles. The van der Waals surface area contributed by atoms with Crippen LogP contribution in [0.5, 0.6) is 0 Å². The predicted octanol–water partition coefficient (Wildman–Crippen LogP) is 3.93. The smallest absolute Gasteiger partial charge is 0.262 e. The van der Waals surface area contributed by atoms with Crippen LogP contribution in [0.1, 0.15) is 27.2 Å². The topological polar surface area (TPSA) is 64.0 Å². The second kappa shape index (κ2) is 7.72. The molecule has 2 heterocycles. The van der Waals surface area contributed by atoms with Crippen molar-refractivity contribution in [2.75, 3.05) is 0 Å². The maximum absolute atomic E-state index is 13.1. The average Bonchev–Trinajstić information content (AvgIpc) is 2.75. The Morgan fingerprint density at radius 1 is 0.966 bits per heavy atom. The standard InChI is InChI=1S/C24H21N3O2/c1-16-10-11-19(13-17(16)2)27-15-22(20-8-3-4-9-21(20)24(27)29)23(28)26-14-18-7-5-6-12-25-18/h3-13,15H,14H2,1-2H3,(H,26,28). The number of carbonyl (C=O) groups is 1. The van der Waals surface area contributed by atoms with E-state index in [-0.39, 0.29) is 11.5 Å². The van der Waals surface area contributed by atoms with Gasteiger partial charge in [-0.3, -0.25) is 19.1 Å². The Hall–Kier alpha value is -3.73. The summed E-state index contributed by atoms with van der Waals surface area (Å²) in [5.41, 5.74) is 4.05. The van der Waals surface area contributed by atoms with Crippen molar-refractivity contribution in [3.63, 3.8) is 0 Å². The lowest BCUT2D eigenvalue weighted by atomic mass is 10.1. The number of hydrogen-bond donors (Lipinski definition) is 1. The number of carbonyl (C=O) groups excluding carboxylic acids is 1. The van der Waals surface area contributed by atoms with Gasteiger partial charge in [0.25, 0.3) is 11.5 Å². The molecule has 0 aliphatic carbocycles. The predicted molar refractivity (Wildman–Crippen MR) is 114 cm³/mol. The molecule has 0 fully saturated rings. The molecule has 0 radical (unpaired) electrons. The monoisotopic (exact) mass is 383 g/mol. The van der Waals surface area contributed by atoms with Crippen LogP contribution in [0, 0.1) is 13.8 Å². The normalized spacial score (nSPS) is 10.8. The number of benzene rings is 2. The van der Waals surface area contributed by atoms with Crippen LogP contribution < -0.4 is 10.9 Å². The minimum absolute atomic E-state index is 0.148. The van der Waals surface area contributed by atoms with Gasteiger partial charge in [0, 0.05) is 28.9 Å². The van der Waals surface area contributed by atoms with Crippen molar-refractivity contribution in [1.82, 2.24) is 14.9 Å². The highest BCUT2D eigenvalue weighted by Gasteiger charge is 2.15. The van der Waals surface area contributed by atoms with E-state index in [1.54, 1.807) is 29.1 Å². The van der Waals surface area contributed by atoms with Gasteiger partial charge in [-0.05, 0) is 55.3 Å². The first-order valence-electron chi connectivity index (χ1n) is 9.45. The zero-order valence-corrected chi connectivity index (χ0v) is 16.3. The Morgan fingerprint density at radius 3 is 2.45 bits per heavy atom. The zero-order valence-electron chi connectivity index (χ0n) is 16.3. The number of rotatable bonds is 4. The summed E-state index contributed by atoms with van der Waals surface area (Å²) in [6.07, 6.45) is 3.32. The van der Waals surface area contributed by atoms with Gasteiger partial charge in [-0.1, -0.05) is 30.3 Å². The number of aryl methyl sites for hydroxylation is 2. The highest BCUT2D eigenvalue weighted by atomic mass is 16.2. The first-order valence-corrected chi connectivity index (χ1v) is 9.45. The second-order valence-corrected chi connectivity index (χ2v) is 7.04.